The molecule has 1 aromatic heterocycles. The molecule has 0 aliphatic heterocycles. The molecule has 0 aliphatic carbocycles. The zero-order valence-corrected chi connectivity index (χ0v) is 8.86. The van der Waals surface area contributed by atoms with E-state index in [1.807, 2.05) is 0 Å². The van der Waals surface area contributed by atoms with Crippen LogP contribution in [0, 0.1) is 0 Å². The van der Waals surface area contributed by atoms with E-state index in [0.717, 1.165) is 0 Å². The van der Waals surface area contributed by atoms with Gasteiger partial charge in [0.2, 0.25) is 5.91 Å². The fraction of sp³-hybridized carbons (Fsp3) is 0.333. The van der Waals surface area contributed by atoms with Crippen molar-refractivity contribution in [2.24, 2.45) is 0 Å². The SMILES string of the molecule is CNC(=O)CCNC(=O)c1cncc(N)n1. The van der Waals surface area contributed by atoms with Gasteiger partial charge in [-0.3, -0.25) is 14.6 Å². The highest BCUT2D eigenvalue weighted by Gasteiger charge is 2.07. The van der Waals surface area contributed by atoms with Crippen LogP contribution in [-0.4, -0.2) is 35.4 Å². The molecule has 1 aromatic rings. The van der Waals surface area contributed by atoms with Gasteiger partial charge in [-0.25, -0.2) is 4.98 Å². The number of nitrogens with zero attached hydrogens (tertiary/aromatic N) is 2. The Kier molecular flexibility index (Phi) is 4.19. The van der Waals surface area contributed by atoms with E-state index < -0.39 is 5.91 Å². The number of hydrogen-bond acceptors (Lipinski definition) is 5. The summed E-state index contributed by atoms with van der Waals surface area (Å²) in [6.07, 6.45) is 2.88. The van der Waals surface area contributed by atoms with Crippen LogP contribution in [0.1, 0.15) is 16.9 Å². The zero-order chi connectivity index (χ0) is 12.0. The van der Waals surface area contributed by atoms with Crippen LogP contribution in [0.3, 0.4) is 0 Å². The quantitative estimate of drug-likeness (QED) is 0.601. The van der Waals surface area contributed by atoms with E-state index in [-0.39, 0.29) is 30.4 Å². The molecule has 1 rings (SSSR count). The first-order valence-corrected chi connectivity index (χ1v) is 4.69. The largest absolute Gasteiger partial charge is 0.382 e. The van der Waals surface area contributed by atoms with E-state index in [4.69, 9.17) is 5.73 Å². The summed E-state index contributed by atoms with van der Waals surface area (Å²) in [5.41, 5.74) is 5.51. The number of anilines is 1. The molecule has 0 saturated heterocycles. The molecule has 7 heteroatoms. The monoisotopic (exact) mass is 223 g/mol. The predicted molar refractivity (Wildman–Crippen MR) is 57.5 cm³/mol. The van der Waals surface area contributed by atoms with E-state index >= 15 is 0 Å². The average molecular weight is 223 g/mol. The van der Waals surface area contributed by atoms with Crippen molar-refractivity contribution < 1.29 is 9.59 Å². The van der Waals surface area contributed by atoms with E-state index in [1.165, 1.54) is 19.4 Å². The highest BCUT2D eigenvalue weighted by Crippen LogP contribution is 1.96. The molecule has 0 radical (unpaired) electrons. The maximum atomic E-state index is 11.5. The highest BCUT2D eigenvalue weighted by molar-refractivity contribution is 5.92. The van der Waals surface area contributed by atoms with Gasteiger partial charge in [0, 0.05) is 20.0 Å². The van der Waals surface area contributed by atoms with Gasteiger partial charge in [-0.15, -0.1) is 0 Å². The third-order valence-corrected chi connectivity index (χ3v) is 1.80. The Hall–Kier alpha value is -2.18. The Labute approximate surface area is 92.5 Å². The van der Waals surface area contributed by atoms with Crippen molar-refractivity contribution in [3.05, 3.63) is 18.1 Å². The number of rotatable bonds is 4. The lowest BCUT2D eigenvalue weighted by Crippen LogP contribution is -2.29. The van der Waals surface area contributed by atoms with Crippen molar-refractivity contribution in [1.82, 2.24) is 20.6 Å². The molecule has 0 saturated carbocycles. The van der Waals surface area contributed by atoms with Crippen LogP contribution in [0.4, 0.5) is 5.82 Å². The third-order valence-electron chi connectivity index (χ3n) is 1.80. The minimum absolute atomic E-state index is 0.136. The standard InChI is InChI=1S/C9H13N5O2/c1-11-8(15)2-3-13-9(16)6-4-12-5-7(10)14-6/h4-5H,2-3H2,1H3,(H2,10,14)(H,11,15)(H,13,16). The minimum atomic E-state index is -0.399. The van der Waals surface area contributed by atoms with Crippen LogP contribution in [0.2, 0.25) is 0 Å². The van der Waals surface area contributed by atoms with Gasteiger partial charge in [0.05, 0.1) is 12.4 Å². The summed E-state index contributed by atoms with van der Waals surface area (Å²) in [5.74, 6) is -0.360. The number of nitrogen functional groups attached to an aromatic ring is 1. The molecule has 86 valence electrons. The Bertz CT molecular complexity index is 393. The van der Waals surface area contributed by atoms with E-state index in [0.29, 0.717) is 0 Å². The predicted octanol–water partition coefficient (Wildman–Crippen LogP) is -1.08. The van der Waals surface area contributed by atoms with E-state index in [2.05, 4.69) is 20.6 Å². The van der Waals surface area contributed by atoms with E-state index in [1.54, 1.807) is 0 Å². The summed E-state index contributed by atoms with van der Waals surface area (Å²) in [4.78, 5) is 29.9. The molecular weight excluding hydrogens is 210 g/mol. The van der Waals surface area contributed by atoms with Crippen molar-refractivity contribution in [3.63, 3.8) is 0 Å². The van der Waals surface area contributed by atoms with Gasteiger partial charge < -0.3 is 16.4 Å². The summed E-state index contributed by atoms with van der Waals surface area (Å²) >= 11 is 0. The molecule has 0 fully saturated rings. The first-order chi connectivity index (χ1) is 7.63. The maximum absolute atomic E-state index is 11.5. The number of amides is 2. The average Bonchev–Trinajstić information content (AvgIpc) is 2.28. The smallest absolute Gasteiger partial charge is 0.271 e. The summed E-state index contributed by atoms with van der Waals surface area (Å²) in [6.45, 7) is 0.245. The van der Waals surface area contributed by atoms with Gasteiger partial charge >= 0.3 is 0 Å². The number of aromatic nitrogens is 2. The topological polar surface area (TPSA) is 110 Å². The van der Waals surface area contributed by atoms with Crippen molar-refractivity contribution in [1.29, 1.82) is 0 Å². The molecule has 7 nitrogen and oxygen atoms in total. The van der Waals surface area contributed by atoms with Crippen LogP contribution in [0.5, 0.6) is 0 Å². The van der Waals surface area contributed by atoms with Crippen LogP contribution >= 0.6 is 0 Å². The number of hydrogen-bond donors (Lipinski definition) is 3. The summed E-state index contributed by atoms with van der Waals surface area (Å²) in [5, 5.41) is 4.98. The van der Waals surface area contributed by atoms with Gasteiger partial charge in [0.25, 0.3) is 5.91 Å². The molecular formula is C9H13N5O2. The third kappa shape index (κ3) is 3.52. The minimum Gasteiger partial charge on any atom is -0.382 e. The zero-order valence-electron chi connectivity index (χ0n) is 8.86. The van der Waals surface area contributed by atoms with Crippen molar-refractivity contribution in [2.75, 3.05) is 19.3 Å². The molecule has 0 bridgehead atoms. The fourth-order valence-electron chi connectivity index (χ4n) is 0.996. The number of nitrogens with two attached hydrogens (primary N) is 1. The molecule has 0 aliphatic rings. The van der Waals surface area contributed by atoms with Crippen LogP contribution < -0.4 is 16.4 Å². The van der Waals surface area contributed by atoms with Gasteiger partial charge in [-0.1, -0.05) is 0 Å². The lowest BCUT2D eigenvalue weighted by Gasteiger charge is -2.03. The van der Waals surface area contributed by atoms with Crippen molar-refractivity contribution in [2.45, 2.75) is 6.42 Å². The number of carbonyl (C=O) groups is 2. The lowest BCUT2D eigenvalue weighted by molar-refractivity contribution is -0.120. The Morgan fingerprint density at radius 3 is 2.81 bits per heavy atom. The molecule has 4 N–H and O–H groups in total. The van der Waals surface area contributed by atoms with Crippen molar-refractivity contribution >= 4 is 17.6 Å². The van der Waals surface area contributed by atoms with Gasteiger partial charge in [-0.05, 0) is 0 Å². The maximum Gasteiger partial charge on any atom is 0.271 e. The second-order valence-electron chi connectivity index (χ2n) is 3.01. The van der Waals surface area contributed by atoms with Crippen LogP contribution in [0.25, 0.3) is 0 Å². The van der Waals surface area contributed by atoms with Gasteiger partial charge in [0.15, 0.2) is 0 Å². The first kappa shape index (κ1) is 11.9. The van der Waals surface area contributed by atoms with Crippen LogP contribution in [-0.2, 0) is 4.79 Å². The second kappa shape index (κ2) is 5.64. The Balaban J connectivity index is 2.44. The fourth-order valence-corrected chi connectivity index (χ4v) is 0.996. The Morgan fingerprint density at radius 1 is 1.44 bits per heavy atom. The second-order valence-corrected chi connectivity index (χ2v) is 3.01. The summed E-state index contributed by atoms with van der Waals surface area (Å²) in [7, 11) is 1.54. The summed E-state index contributed by atoms with van der Waals surface area (Å²) in [6, 6.07) is 0. The molecule has 0 aromatic carbocycles. The first-order valence-electron chi connectivity index (χ1n) is 4.69. The van der Waals surface area contributed by atoms with Crippen molar-refractivity contribution in [3.8, 4) is 0 Å². The Morgan fingerprint density at radius 2 is 2.19 bits per heavy atom. The van der Waals surface area contributed by atoms with Gasteiger partial charge in [0.1, 0.15) is 11.5 Å². The van der Waals surface area contributed by atoms with E-state index in [9.17, 15) is 9.59 Å². The van der Waals surface area contributed by atoms with Gasteiger partial charge in [-0.2, -0.15) is 0 Å². The molecule has 0 atom stereocenters. The highest BCUT2D eigenvalue weighted by atomic mass is 16.2. The molecule has 16 heavy (non-hydrogen) atoms. The molecule has 2 amide bonds. The lowest BCUT2D eigenvalue weighted by atomic mass is 10.3. The number of nitrogens with one attached hydrogen (secondary N) is 2. The molecule has 0 spiro atoms. The molecule has 1 heterocycles. The normalized spacial score (nSPS) is 9.56. The van der Waals surface area contributed by atoms with Crippen LogP contribution in [0.15, 0.2) is 12.4 Å². The molecule has 0 unspecified atom stereocenters. The number of carbonyl (C=O) groups excluding carboxylic acids is 2. The summed E-state index contributed by atoms with van der Waals surface area (Å²) < 4.78 is 0.